The van der Waals surface area contributed by atoms with E-state index in [2.05, 4.69) is 6.58 Å². The standard InChI is InChI=1S/C11H21NO4S/c1-8(5-9(2)10(12)13)6-11(3,4)7-17(14,15)16/h8H,2,5-7H2,1,3-4H3,(H2,12,13)(H,14,15,16). The van der Waals surface area contributed by atoms with E-state index in [9.17, 15) is 13.2 Å². The van der Waals surface area contributed by atoms with Crippen molar-refractivity contribution in [1.29, 1.82) is 0 Å². The van der Waals surface area contributed by atoms with Crippen molar-refractivity contribution in [3.8, 4) is 0 Å². The van der Waals surface area contributed by atoms with Gasteiger partial charge in [-0.1, -0.05) is 27.4 Å². The summed E-state index contributed by atoms with van der Waals surface area (Å²) in [5.74, 6) is -0.760. The highest BCUT2D eigenvalue weighted by molar-refractivity contribution is 7.85. The van der Waals surface area contributed by atoms with Crippen LogP contribution in [0.25, 0.3) is 0 Å². The molecule has 17 heavy (non-hydrogen) atoms. The Morgan fingerprint density at radius 3 is 2.29 bits per heavy atom. The van der Waals surface area contributed by atoms with Crippen LogP contribution in [0.3, 0.4) is 0 Å². The van der Waals surface area contributed by atoms with E-state index in [0.29, 0.717) is 18.4 Å². The fraction of sp³-hybridized carbons (Fsp3) is 0.727. The summed E-state index contributed by atoms with van der Waals surface area (Å²) >= 11 is 0. The van der Waals surface area contributed by atoms with Crippen molar-refractivity contribution in [3.63, 3.8) is 0 Å². The lowest BCUT2D eigenvalue weighted by molar-refractivity contribution is -0.114. The van der Waals surface area contributed by atoms with Gasteiger partial charge in [0.1, 0.15) is 0 Å². The van der Waals surface area contributed by atoms with Crippen molar-refractivity contribution >= 4 is 16.0 Å². The molecule has 0 spiro atoms. The number of rotatable bonds is 7. The van der Waals surface area contributed by atoms with Crippen LogP contribution < -0.4 is 5.73 Å². The van der Waals surface area contributed by atoms with Crippen LogP contribution >= 0.6 is 0 Å². The van der Waals surface area contributed by atoms with Gasteiger partial charge in [-0.2, -0.15) is 8.42 Å². The molecule has 1 unspecified atom stereocenters. The molecule has 0 aromatic carbocycles. The second-order valence-electron chi connectivity index (χ2n) is 5.37. The maximum atomic E-state index is 10.8. The summed E-state index contributed by atoms with van der Waals surface area (Å²) in [6, 6.07) is 0. The summed E-state index contributed by atoms with van der Waals surface area (Å²) in [5.41, 5.74) is 4.86. The van der Waals surface area contributed by atoms with Gasteiger partial charge in [0.05, 0.1) is 5.75 Å². The molecule has 0 aliphatic carbocycles. The van der Waals surface area contributed by atoms with Gasteiger partial charge >= 0.3 is 0 Å². The molecule has 0 aliphatic rings. The maximum absolute atomic E-state index is 10.8. The number of hydrogen-bond donors (Lipinski definition) is 2. The Morgan fingerprint density at radius 2 is 1.94 bits per heavy atom. The molecule has 0 radical (unpaired) electrons. The zero-order valence-corrected chi connectivity index (χ0v) is 11.4. The lowest BCUT2D eigenvalue weighted by Crippen LogP contribution is -2.26. The van der Waals surface area contributed by atoms with Gasteiger partial charge in [0, 0.05) is 5.57 Å². The minimum Gasteiger partial charge on any atom is -0.366 e. The monoisotopic (exact) mass is 263 g/mol. The summed E-state index contributed by atoms with van der Waals surface area (Å²) in [7, 11) is -3.99. The summed E-state index contributed by atoms with van der Waals surface area (Å²) in [6.07, 6.45) is 0.989. The first-order chi connectivity index (χ1) is 7.43. The molecule has 0 fully saturated rings. The number of amides is 1. The first-order valence-corrected chi connectivity index (χ1v) is 6.96. The fourth-order valence-corrected chi connectivity index (χ4v) is 3.19. The van der Waals surface area contributed by atoms with Gasteiger partial charge < -0.3 is 5.73 Å². The molecule has 3 N–H and O–H groups in total. The molecule has 0 saturated carbocycles. The third kappa shape index (κ3) is 7.93. The quantitative estimate of drug-likeness (QED) is 0.535. The highest BCUT2D eigenvalue weighted by Gasteiger charge is 2.27. The van der Waals surface area contributed by atoms with E-state index in [1.54, 1.807) is 13.8 Å². The maximum Gasteiger partial charge on any atom is 0.265 e. The van der Waals surface area contributed by atoms with E-state index < -0.39 is 21.4 Å². The van der Waals surface area contributed by atoms with Gasteiger partial charge in [-0.3, -0.25) is 9.35 Å². The number of nitrogens with two attached hydrogens (primary N) is 1. The highest BCUT2D eigenvalue weighted by atomic mass is 32.2. The summed E-state index contributed by atoms with van der Waals surface area (Å²) < 4.78 is 30.5. The van der Waals surface area contributed by atoms with Crippen LogP contribution in [0.4, 0.5) is 0 Å². The van der Waals surface area contributed by atoms with Crippen molar-refractivity contribution in [2.75, 3.05) is 5.75 Å². The Bertz CT molecular complexity index is 398. The van der Waals surface area contributed by atoms with Gasteiger partial charge in [0.15, 0.2) is 0 Å². The van der Waals surface area contributed by atoms with Crippen molar-refractivity contribution in [2.45, 2.75) is 33.6 Å². The van der Waals surface area contributed by atoms with Gasteiger partial charge in [-0.15, -0.1) is 0 Å². The fourth-order valence-electron chi connectivity index (χ4n) is 2.09. The number of hydrogen-bond acceptors (Lipinski definition) is 3. The van der Waals surface area contributed by atoms with E-state index in [1.807, 2.05) is 6.92 Å². The Balaban J connectivity index is 4.42. The molecule has 0 heterocycles. The van der Waals surface area contributed by atoms with Crippen LogP contribution in [0.5, 0.6) is 0 Å². The summed E-state index contributed by atoms with van der Waals surface area (Å²) in [4.78, 5) is 10.8. The summed E-state index contributed by atoms with van der Waals surface area (Å²) in [5, 5.41) is 0. The van der Waals surface area contributed by atoms with E-state index in [4.69, 9.17) is 10.3 Å². The van der Waals surface area contributed by atoms with E-state index in [0.717, 1.165) is 0 Å². The molecule has 0 aliphatic heterocycles. The van der Waals surface area contributed by atoms with Gasteiger partial charge in [0.2, 0.25) is 5.91 Å². The third-order valence-electron chi connectivity index (χ3n) is 2.42. The number of carbonyl (C=O) groups excluding carboxylic acids is 1. The minimum atomic E-state index is -3.99. The molecule has 0 bridgehead atoms. The van der Waals surface area contributed by atoms with E-state index >= 15 is 0 Å². The van der Waals surface area contributed by atoms with Crippen LogP contribution in [0.2, 0.25) is 0 Å². The van der Waals surface area contributed by atoms with Crippen LogP contribution in [-0.2, 0) is 14.9 Å². The smallest absolute Gasteiger partial charge is 0.265 e. The molecular weight excluding hydrogens is 242 g/mol. The predicted octanol–water partition coefficient (Wildman–Crippen LogP) is 1.36. The molecule has 100 valence electrons. The molecule has 0 saturated heterocycles. The number of primary amides is 1. The third-order valence-corrected chi connectivity index (χ3v) is 3.56. The molecule has 1 atom stereocenters. The SMILES string of the molecule is C=C(CC(C)CC(C)(C)CS(=O)(=O)O)C(N)=O. The van der Waals surface area contributed by atoms with Crippen molar-refractivity contribution < 1.29 is 17.8 Å². The lowest BCUT2D eigenvalue weighted by Gasteiger charge is -2.26. The van der Waals surface area contributed by atoms with Crippen LogP contribution in [0.15, 0.2) is 12.2 Å². The predicted molar refractivity (Wildman–Crippen MR) is 66.9 cm³/mol. The van der Waals surface area contributed by atoms with E-state index in [-0.39, 0.29) is 11.7 Å². The highest BCUT2D eigenvalue weighted by Crippen LogP contribution is 2.29. The van der Waals surface area contributed by atoms with Gasteiger partial charge in [-0.05, 0) is 24.2 Å². The Labute approximate surface area is 103 Å². The molecular formula is C11H21NO4S. The molecule has 6 heteroatoms. The lowest BCUT2D eigenvalue weighted by atomic mass is 9.83. The Morgan fingerprint density at radius 1 is 1.47 bits per heavy atom. The van der Waals surface area contributed by atoms with Crippen molar-refractivity contribution in [1.82, 2.24) is 0 Å². The summed E-state index contributed by atoms with van der Waals surface area (Å²) in [6.45, 7) is 8.95. The van der Waals surface area contributed by atoms with Crippen molar-refractivity contribution in [2.24, 2.45) is 17.1 Å². The average Bonchev–Trinajstić information content (AvgIpc) is 1.96. The largest absolute Gasteiger partial charge is 0.366 e. The first kappa shape index (κ1) is 16.1. The minimum absolute atomic E-state index is 0.0757. The van der Waals surface area contributed by atoms with E-state index in [1.165, 1.54) is 0 Å². The van der Waals surface area contributed by atoms with Crippen LogP contribution in [0.1, 0.15) is 33.6 Å². The second-order valence-corrected chi connectivity index (χ2v) is 6.82. The molecule has 1 amide bonds. The van der Waals surface area contributed by atoms with Gasteiger partial charge in [0.25, 0.3) is 10.1 Å². The normalized spacial score (nSPS) is 14.4. The van der Waals surface area contributed by atoms with Crippen molar-refractivity contribution in [3.05, 3.63) is 12.2 Å². The first-order valence-electron chi connectivity index (χ1n) is 5.36. The Hall–Kier alpha value is -0.880. The Kier molecular flexibility index (Phi) is 5.35. The van der Waals surface area contributed by atoms with Gasteiger partial charge in [-0.25, -0.2) is 0 Å². The second kappa shape index (κ2) is 5.64. The van der Waals surface area contributed by atoms with Crippen LogP contribution in [-0.4, -0.2) is 24.6 Å². The van der Waals surface area contributed by atoms with Crippen LogP contribution in [0, 0.1) is 11.3 Å². The molecule has 0 rings (SSSR count). The topological polar surface area (TPSA) is 97.5 Å². The molecule has 0 aromatic rings. The zero-order valence-electron chi connectivity index (χ0n) is 10.6. The average molecular weight is 263 g/mol. The number of carbonyl (C=O) groups is 1. The molecule has 5 nitrogen and oxygen atoms in total. The molecule has 0 aromatic heterocycles. The zero-order chi connectivity index (χ0) is 13.9.